The fraction of sp³-hybridized carbons (Fsp3) is 0. The number of hydrogen-bond donors (Lipinski definition) is 1. The summed E-state index contributed by atoms with van der Waals surface area (Å²) in [4.78, 5) is 28.3. The molecule has 1 amide bonds. The summed E-state index contributed by atoms with van der Waals surface area (Å²) in [6, 6.07) is 0. The molecule has 4 nitrogen and oxygen atoms in total. The van der Waals surface area contributed by atoms with E-state index in [0.29, 0.717) is 0 Å². The maximum Gasteiger partial charge on any atom is 0.293 e. The molecular formula is C3H2NO3. The van der Waals surface area contributed by atoms with Gasteiger partial charge in [-0.05, 0) is 0 Å². The number of Topliss-reactive ketones (excluding diaryl/α,β-unsaturated/α-hetero) is 1. The highest BCUT2D eigenvalue weighted by Crippen LogP contribution is 1.55. The minimum atomic E-state index is -1.32. The van der Waals surface area contributed by atoms with Crippen LogP contribution in [0.3, 0.4) is 0 Å². The molecule has 0 aromatic carbocycles. The average molecular weight is 100 g/mol. The van der Waals surface area contributed by atoms with Gasteiger partial charge in [-0.15, -0.1) is 0 Å². The maximum atomic E-state index is 9.61. The summed E-state index contributed by atoms with van der Waals surface area (Å²) in [7, 11) is 0. The van der Waals surface area contributed by atoms with E-state index in [1.807, 2.05) is 0 Å². The Hall–Kier alpha value is -1.19. The molecule has 0 saturated heterocycles. The van der Waals surface area contributed by atoms with Gasteiger partial charge in [0.15, 0.2) is 0 Å². The summed E-state index contributed by atoms with van der Waals surface area (Å²) in [6.07, 6.45) is 0.801. The fourth-order valence-electron chi connectivity index (χ4n) is 0.0503. The predicted molar refractivity (Wildman–Crippen MR) is 19.9 cm³/mol. The largest absolute Gasteiger partial charge is 0.363 e. The fourth-order valence-corrected chi connectivity index (χ4v) is 0.0503. The molecule has 0 aromatic rings. The monoisotopic (exact) mass is 100 g/mol. The van der Waals surface area contributed by atoms with Crippen LogP contribution in [0.4, 0.5) is 0 Å². The highest BCUT2D eigenvalue weighted by Gasteiger charge is 2.05. The van der Waals surface area contributed by atoms with Gasteiger partial charge in [0.1, 0.15) is 0 Å². The Bertz CT molecular complexity index is 117. The van der Waals surface area contributed by atoms with Crippen molar-refractivity contribution in [3.8, 4) is 0 Å². The molecular weight excluding hydrogens is 98.0 g/mol. The van der Waals surface area contributed by atoms with Gasteiger partial charge in [-0.2, -0.15) is 0 Å². The van der Waals surface area contributed by atoms with Crippen molar-refractivity contribution >= 4 is 18.0 Å². The smallest absolute Gasteiger partial charge is 0.293 e. The molecule has 37 valence electrons. The van der Waals surface area contributed by atoms with Crippen LogP contribution in [-0.4, -0.2) is 18.0 Å². The number of carbonyl (C=O) groups excluding carboxylic acids is 3. The van der Waals surface area contributed by atoms with Crippen molar-refractivity contribution in [2.24, 2.45) is 5.73 Å². The van der Waals surface area contributed by atoms with E-state index in [-0.39, 0.29) is 0 Å². The van der Waals surface area contributed by atoms with Crippen molar-refractivity contribution in [3.05, 3.63) is 0 Å². The van der Waals surface area contributed by atoms with Gasteiger partial charge in [-0.25, -0.2) is 0 Å². The van der Waals surface area contributed by atoms with Crippen molar-refractivity contribution in [2.75, 3.05) is 0 Å². The summed E-state index contributed by atoms with van der Waals surface area (Å²) in [5.41, 5.74) is 4.30. The van der Waals surface area contributed by atoms with Crippen molar-refractivity contribution in [2.45, 2.75) is 0 Å². The van der Waals surface area contributed by atoms with E-state index >= 15 is 0 Å². The van der Waals surface area contributed by atoms with Crippen LogP contribution < -0.4 is 5.73 Å². The van der Waals surface area contributed by atoms with Crippen molar-refractivity contribution in [1.82, 2.24) is 0 Å². The summed E-state index contributed by atoms with van der Waals surface area (Å²) < 4.78 is 0. The minimum Gasteiger partial charge on any atom is -0.363 e. The molecule has 0 bridgehead atoms. The van der Waals surface area contributed by atoms with Gasteiger partial charge in [0.25, 0.3) is 18.0 Å². The Morgan fingerprint density at radius 2 is 1.86 bits per heavy atom. The topological polar surface area (TPSA) is 77.2 Å². The third-order valence-corrected chi connectivity index (χ3v) is 0.316. The van der Waals surface area contributed by atoms with Gasteiger partial charge >= 0.3 is 0 Å². The first-order valence-corrected chi connectivity index (χ1v) is 1.40. The summed E-state index contributed by atoms with van der Waals surface area (Å²) in [5.74, 6) is -2.59. The number of hydrogen-bond acceptors (Lipinski definition) is 3. The zero-order chi connectivity index (χ0) is 5.86. The molecule has 0 saturated carbocycles. The van der Waals surface area contributed by atoms with Crippen LogP contribution in [0.25, 0.3) is 0 Å². The first-order valence-electron chi connectivity index (χ1n) is 1.40. The number of carbonyl (C=O) groups is 2. The van der Waals surface area contributed by atoms with E-state index in [1.54, 1.807) is 0 Å². The second kappa shape index (κ2) is 2.07. The molecule has 1 radical (unpaired) electrons. The van der Waals surface area contributed by atoms with Crippen LogP contribution in [0, 0.1) is 0 Å². The summed E-state index contributed by atoms with van der Waals surface area (Å²) >= 11 is 0. The minimum absolute atomic E-state index is 0.801. The first-order chi connectivity index (χ1) is 3.18. The molecule has 4 heteroatoms. The zero-order valence-electron chi connectivity index (χ0n) is 3.30. The van der Waals surface area contributed by atoms with E-state index in [2.05, 4.69) is 5.73 Å². The standard InChI is InChI=1S/C3H2NO3/c4-3(7)2(6)1-5/h(H2,4,7). The second-order valence-electron chi connectivity index (χ2n) is 0.795. The lowest BCUT2D eigenvalue weighted by molar-refractivity contribution is -0.132. The Kier molecular flexibility index (Phi) is 1.72. The van der Waals surface area contributed by atoms with Crippen LogP contribution in [0.1, 0.15) is 0 Å². The van der Waals surface area contributed by atoms with Crippen LogP contribution in [0.15, 0.2) is 0 Å². The highest BCUT2D eigenvalue weighted by molar-refractivity contribution is 6.57. The van der Waals surface area contributed by atoms with Gasteiger partial charge in [-0.1, -0.05) is 0 Å². The van der Waals surface area contributed by atoms with E-state index in [1.165, 1.54) is 0 Å². The van der Waals surface area contributed by atoms with Crippen LogP contribution >= 0.6 is 0 Å². The molecule has 2 N–H and O–H groups in total. The second-order valence-corrected chi connectivity index (χ2v) is 0.795. The van der Waals surface area contributed by atoms with Crippen LogP contribution in [0.2, 0.25) is 0 Å². The Labute approximate surface area is 39.3 Å². The lowest BCUT2D eigenvalue weighted by atomic mass is 10.4. The third-order valence-electron chi connectivity index (χ3n) is 0.316. The SMILES string of the molecule is NC(=O)C(=O)[C]=O. The first kappa shape index (κ1) is 5.81. The summed E-state index contributed by atoms with van der Waals surface area (Å²) in [5, 5.41) is 0. The van der Waals surface area contributed by atoms with Gasteiger partial charge in [-0.3, -0.25) is 14.4 Å². The lowest BCUT2D eigenvalue weighted by Crippen LogP contribution is -2.23. The molecule has 0 aliphatic heterocycles. The van der Waals surface area contributed by atoms with Crippen molar-refractivity contribution in [3.63, 3.8) is 0 Å². The number of rotatable bonds is 2. The van der Waals surface area contributed by atoms with Gasteiger partial charge < -0.3 is 5.73 Å². The molecule has 0 heterocycles. The highest BCUT2D eigenvalue weighted by atomic mass is 16.2. The number of primary amides is 1. The third kappa shape index (κ3) is 1.64. The summed E-state index contributed by atoms with van der Waals surface area (Å²) in [6.45, 7) is 0. The normalized spacial score (nSPS) is 7.43. The Balaban J connectivity index is 3.81. The molecule has 0 fully saturated rings. The maximum absolute atomic E-state index is 9.61. The Morgan fingerprint density at radius 3 is 1.86 bits per heavy atom. The van der Waals surface area contributed by atoms with E-state index in [9.17, 15) is 14.4 Å². The molecule has 0 rings (SSSR count). The molecule has 0 aromatic heterocycles. The molecule has 0 unspecified atom stereocenters. The molecule has 0 aliphatic rings. The number of amides is 1. The number of nitrogens with two attached hydrogens (primary N) is 1. The van der Waals surface area contributed by atoms with Crippen molar-refractivity contribution < 1.29 is 14.4 Å². The van der Waals surface area contributed by atoms with Crippen molar-refractivity contribution in [1.29, 1.82) is 0 Å². The molecule has 0 spiro atoms. The van der Waals surface area contributed by atoms with Gasteiger partial charge in [0, 0.05) is 0 Å². The van der Waals surface area contributed by atoms with E-state index in [0.717, 1.165) is 6.29 Å². The zero-order valence-corrected chi connectivity index (χ0v) is 3.30. The molecule has 7 heavy (non-hydrogen) atoms. The van der Waals surface area contributed by atoms with E-state index in [4.69, 9.17) is 0 Å². The lowest BCUT2D eigenvalue weighted by Gasteiger charge is -1.72. The predicted octanol–water partition coefficient (Wildman–Crippen LogP) is -1.85. The molecule has 0 aliphatic carbocycles. The number of ketones is 1. The van der Waals surface area contributed by atoms with E-state index < -0.39 is 11.7 Å². The molecule has 0 atom stereocenters. The Morgan fingerprint density at radius 1 is 1.43 bits per heavy atom. The van der Waals surface area contributed by atoms with Gasteiger partial charge in [0.05, 0.1) is 0 Å². The average Bonchev–Trinajstić information content (AvgIpc) is 1.65. The van der Waals surface area contributed by atoms with Crippen LogP contribution in [0.5, 0.6) is 0 Å². The van der Waals surface area contributed by atoms with Gasteiger partial charge in [0.2, 0.25) is 0 Å². The quantitative estimate of drug-likeness (QED) is 0.327. The van der Waals surface area contributed by atoms with Crippen LogP contribution in [-0.2, 0) is 14.4 Å².